The molecule has 1 saturated heterocycles. The van der Waals surface area contributed by atoms with Gasteiger partial charge in [0.15, 0.2) is 0 Å². The SMILES string of the molecule is Cc1ccc2ccccc2c1N1C(=O)C2C3CCC(C3)C2C1=O. The molecular formula is C20H19NO2. The molecule has 23 heavy (non-hydrogen) atoms. The Hall–Kier alpha value is -2.16. The van der Waals surface area contributed by atoms with Crippen molar-refractivity contribution in [1.82, 2.24) is 0 Å². The average Bonchev–Trinajstić information content (AvgIpc) is 3.23. The standard InChI is InChI=1S/C20H19NO2/c1-11-6-7-12-4-2-3-5-15(12)18(11)21-19(22)16-13-8-9-14(10-13)17(16)20(21)23/h2-7,13-14,16-17H,8-10H2,1H3. The number of anilines is 1. The number of imide groups is 1. The molecule has 3 fully saturated rings. The molecule has 0 spiro atoms. The third-order valence-electron chi connectivity index (χ3n) is 6.25. The summed E-state index contributed by atoms with van der Waals surface area (Å²) in [4.78, 5) is 27.7. The van der Waals surface area contributed by atoms with Crippen molar-refractivity contribution in [2.75, 3.05) is 4.90 Å². The fourth-order valence-electron chi connectivity index (χ4n) is 5.29. The van der Waals surface area contributed by atoms with Crippen molar-refractivity contribution < 1.29 is 9.59 Å². The van der Waals surface area contributed by atoms with E-state index in [-0.39, 0.29) is 23.7 Å². The van der Waals surface area contributed by atoms with E-state index in [1.165, 1.54) is 4.90 Å². The van der Waals surface area contributed by atoms with Gasteiger partial charge in [0.25, 0.3) is 0 Å². The lowest BCUT2D eigenvalue weighted by molar-refractivity contribution is -0.123. The number of hydrogen-bond acceptors (Lipinski definition) is 2. The van der Waals surface area contributed by atoms with Gasteiger partial charge in [0.1, 0.15) is 0 Å². The normalized spacial score (nSPS) is 32.1. The summed E-state index contributed by atoms with van der Waals surface area (Å²) < 4.78 is 0. The number of fused-ring (bicyclic) bond motifs is 6. The molecule has 3 nitrogen and oxygen atoms in total. The topological polar surface area (TPSA) is 37.4 Å². The summed E-state index contributed by atoms with van der Waals surface area (Å²) in [6.07, 6.45) is 3.32. The second-order valence-corrected chi connectivity index (χ2v) is 7.35. The van der Waals surface area contributed by atoms with Crippen LogP contribution < -0.4 is 4.90 Å². The summed E-state index contributed by atoms with van der Waals surface area (Å²) in [5.41, 5.74) is 1.81. The van der Waals surface area contributed by atoms with Crippen LogP contribution in [0.4, 0.5) is 5.69 Å². The van der Waals surface area contributed by atoms with E-state index in [1.54, 1.807) is 0 Å². The first-order valence-corrected chi connectivity index (χ1v) is 8.53. The molecule has 2 bridgehead atoms. The second-order valence-electron chi connectivity index (χ2n) is 7.35. The molecule has 4 unspecified atom stereocenters. The number of nitrogens with zero attached hydrogens (tertiary/aromatic N) is 1. The highest BCUT2D eigenvalue weighted by Crippen LogP contribution is 2.57. The molecular weight excluding hydrogens is 286 g/mol. The van der Waals surface area contributed by atoms with Gasteiger partial charge >= 0.3 is 0 Å². The number of rotatable bonds is 1. The van der Waals surface area contributed by atoms with Crippen LogP contribution in [0.2, 0.25) is 0 Å². The Bertz CT molecular complexity index is 828. The summed E-state index contributed by atoms with van der Waals surface area (Å²) in [7, 11) is 0. The quantitative estimate of drug-likeness (QED) is 0.754. The van der Waals surface area contributed by atoms with Crippen LogP contribution in [0.25, 0.3) is 10.8 Å². The van der Waals surface area contributed by atoms with Crippen molar-refractivity contribution in [2.24, 2.45) is 23.7 Å². The zero-order chi connectivity index (χ0) is 15.7. The second kappa shape index (κ2) is 4.44. The van der Waals surface area contributed by atoms with Gasteiger partial charge in [0, 0.05) is 5.39 Å². The Kier molecular flexibility index (Phi) is 2.56. The van der Waals surface area contributed by atoms with E-state index in [9.17, 15) is 9.59 Å². The van der Waals surface area contributed by atoms with Gasteiger partial charge in [-0.05, 0) is 49.0 Å². The number of aryl methyl sites for hydroxylation is 1. The highest BCUT2D eigenvalue weighted by Gasteiger charge is 2.61. The summed E-state index contributed by atoms with van der Waals surface area (Å²) in [6, 6.07) is 12.1. The minimum Gasteiger partial charge on any atom is -0.274 e. The molecule has 0 aromatic heterocycles. The molecule has 2 aliphatic carbocycles. The van der Waals surface area contributed by atoms with Crippen LogP contribution in [0, 0.1) is 30.6 Å². The predicted molar refractivity (Wildman–Crippen MR) is 89.0 cm³/mol. The summed E-state index contributed by atoms with van der Waals surface area (Å²) in [5, 5.41) is 2.08. The molecule has 2 aromatic carbocycles. The van der Waals surface area contributed by atoms with E-state index in [2.05, 4.69) is 6.07 Å². The van der Waals surface area contributed by atoms with Crippen LogP contribution in [0.1, 0.15) is 24.8 Å². The third kappa shape index (κ3) is 1.60. The number of carbonyl (C=O) groups is 2. The van der Waals surface area contributed by atoms with E-state index >= 15 is 0 Å². The molecule has 2 saturated carbocycles. The number of carbonyl (C=O) groups excluding carboxylic acids is 2. The fourth-order valence-corrected chi connectivity index (χ4v) is 5.29. The van der Waals surface area contributed by atoms with Crippen LogP contribution in [-0.4, -0.2) is 11.8 Å². The zero-order valence-electron chi connectivity index (χ0n) is 13.2. The fraction of sp³-hybridized carbons (Fsp3) is 0.400. The highest BCUT2D eigenvalue weighted by atomic mass is 16.2. The van der Waals surface area contributed by atoms with Gasteiger partial charge in [-0.3, -0.25) is 9.59 Å². The zero-order valence-corrected chi connectivity index (χ0v) is 13.2. The molecule has 1 heterocycles. The van der Waals surface area contributed by atoms with E-state index in [1.807, 2.05) is 37.3 Å². The van der Waals surface area contributed by atoms with Crippen LogP contribution in [-0.2, 0) is 9.59 Å². The van der Waals surface area contributed by atoms with Gasteiger partial charge in [0.2, 0.25) is 11.8 Å². The van der Waals surface area contributed by atoms with Crippen molar-refractivity contribution >= 4 is 28.3 Å². The maximum absolute atomic E-state index is 13.1. The first-order valence-electron chi connectivity index (χ1n) is 8.53. The van der Waals surface area contributed by atoms with Gasteiger partial charge in [-0.15, -0.1) is 0 Å². The average molecular weight is 305 g/mol. The Morgan fingerprint density at radius 3 is 2.26 bits per heavy atom. The first-order chi connectivity index (χ1) is 11.2. The first kappa shape index (κ1) is 13.3. The minimum absolute atomic E-state index is 0.0478. The van der Waals surface area contributed by atoms with Crippen molar-refractivity contribution in [1.29, 1.82) is 0 Å². The van der Waals surface area contributed by atoms with Gasteiger partial charge < -0.3 is 0 Å². The third-order valence-corrected chi connectivity index (χ3v) is 6.25. The van der Waals surface area contributed by atoms with E-state index in [4.69, 9.17) is 0 Å². The van der Waals surface area contributed by atoms with Crippen molar-refractivity contribution in [2.45, 2.75) is 26.2 Å². The lowest BCUT2D eigenvalue weighted by Gasteiger charge is -2.21. The summed E-state index contributed by atoms with van der Waals surface area (Å²) in [5.74, 6) is 0.848. The van der Waals surface area contributed by atoms with Crippen molar-refractivity contribution in [3.8, 4) is 0 Å². The largest absolute Gasteiger partial charge is 0.274 e. The summed E-state index contributed by atoms with van der Waals surface area (Å²) >= 11 is 0. The maximum atomic E-state index is 13.1. The van der Waals surface area contributed by atoms with Gasteiger partial charge in [-0.2, -0.15) is 0 Å². The van der Waals surface area contributed by atoms with E-state index in [0.29, 0.717) is 11.8 Å². The highest BCUT2D eigenvalue weighted by molar-refractivity contribution is 6.25. The molecule has 2 aromatic rings. The van der Waals surface area contributed by atoms with Crippen LogP contribution in [0.15, 0.2) is 36.4 Å². The van der Waals surface area contributed by atoms with Crippen molar-refractivity contribution in [3.63, 3.8) is 0 Å². The van der Waals surface area contributed by atoms with E-state index < -0.39 is 0 Å². The molecule has 116 valence electrons. The number of hydrogen-bond donors (Lipinski definition) is 0. The molecule has 0 radical (unpaired) electrons. The molecule has 3 heteroatoms. The predicted octanol–water partition coefficient (Wildman–Crippen LogP) is 3.68. The Morgan fingerprint density at radius 2 is 1.57 bits per heavy atom. The smallest absolute Gasteiger partial charge is 0.238 e. The van der Waals surface area contributed by atoms with Crippen molar-refractivity contribution in [3.05, 3.63) is 42.0 Å². The molecule has 3 aliphatic rings. The summed E-state index contributed by atoms with van der Waals surface area (Å²) in [6.45, 7) is 1.99. The van der Waals surface area contributed by atoms with Gasteiger partial charge in [0.05, 0.1) is 17.5 Å². The van der Waals surface area contributed by atoms with Crippen LogP contribution >= 0.6 is 0 Å². The lowest BCUT2D eigenvalue weighted by atomic mass is 9.81. The Morgan fingerprint density at radius 1 is 0.913 bits per heavy atom. The Balaban J connectivity index is 1.70. The number of benzene rings is 2. The van der Waals surface area contributed by atoms with Crippen LogP contribution in [0.5, 0.6) is 0 Å². The van der Waals surface area contributed by atoms with Gasteiger partial charge in [-0.1, -0.05) is 36.4 Å². The molecule has 2 amide bonds. The van der Waals surface area contributed by atoms with Gasteiger partial charge in [-0.25, -0.2) is 4.90 Å². The molecule has 0 N–H and O–H groups in total. The lowest BCUT2D eigenvalue weighted by Crippen LogP contribution is -2.33. The molecule has 4 atom stereocenters. The number of amides is 2. The Labute approximate surface area is 135 Å². The maximum Gasteiger partial charge on any atom is 0.238 e. The monoisotopic (exact) mass is 305 g/mol. The van der Waals surface area contributed by atoms with E-state index in [0.717, 1.165) is 41.3 Å². The molecule has 1 aliphatic heterocycles. The minimum atomic E-state index is -0.0559. The van der Waals surface area contributed by atoms with Crippen LogP contribution in [0.3, 0.4) is 0 Å². The molecule has 5 rings (SSSR count).